The number of amides is 1. The SMILES string of the molecule is COC(=O)[C@H](CCSC)NC(=O)/C=C/c1cc([N+](=O)[O-])cc2c1OCOC2. The molecule has 0 saturated heterocycles. The van der Waals surface area contributed by atoms with Gasteiger partial charge in [-0.2, -0.15) is 11.8 Å². The van der Waals surface area contributed by atoms with E-state index < -0.39 is 22.8 Å². The minimum atomic E-state index is -0.761. The van der Waals surface area contributed by atoms with Crippen molar-refractivity contribution in [3.63, 3.8) is 0 Å². The smallest absolute Gasteiger partial charge is 0.328 e. The van der Waals surface area contributed by atoms with Gasteiger partial charge in [-0.15, -0.1) is 0 Å². The van der Waals surface area contributed by atoms with Crippen LogP contribution in [0, 0.1) is 10.1 Å². The summed E-state index contributed by atoms with van der Waals surface area (Å²) in [7, 11) is 1.26. The first-order valence-electron chi connectivity index (χ1n) is 8.03. The minimum Gasteiger partial charge on any atom is -0.467 e. The molecule has 0 spiro atoms. The molecule has 10 heteroatoms. The molecule has 1 aromatic rings. The maximum absolute atomic E-state index is 12.2. The Labute approximate surface area is 160 Å². The van der Waals surface area contributed by atoms with E-state index in [2.05, 4.69) is 5.32 Å². The maximum Gasteiger partial charge on any atom is 0.328 e. The van der Waals surface area contributed by atoms with Crippen LogP contribution in [0.3, 0.4) is 0 Å². The molecule has 0 unspecified atom stereocenters. The number of non-ortho nitro benzene ring substituents is 1. The lowest BCUT2D eigenvalue weighted by atomic mass is 10.1. The predicted octanol–water partition coefficient (Wildman–Crippen LogP) is 1.89. The number of hydrogen-bond acceptors (Lipinski definition) is 8. The Morgan fingerprint density at radius 3 is 2.93 bits per heavy atom. The number of carbonyl (C=O) groups excluding carboxylic acids is 2. The third-order valence-corrected chi connectivity index (χ3v) is 4.41. The molecule has 1 amide bonds. The van der Waals surface area contributed by atoms with Crippen molar-refractivity contribution in [1.82, 2.24) is 5.32 Å². The summed E-state index contributed by atoms with van der Waals surface area (Å²) in [6, 6.07) is 1.93. The average Bonchev–Trinajstić information content (AvgIpc) is 2.68. The van der Waals surface area contributed by atoms with Gasteiger partial charge in [0.1, 0.15) is 11.8 Å². The van der Waals surface area contributed by atoms with Crippen LogP contribution in [0.1, 0.15) is 17.5 Å². The van der Waals surface area contributed by atoms with Gasteiger partial charge in [-0.05, 0) is 24.5 Å². The molecular weight excluding hydrogens is 376 g/mol. The molecule has 27 heavy (non-hydrogen) atoms. The summed E-state index contributed by atoms with van der Waals surface area (Å²) in [5, 5.41) is 13.7. The Hall–Kier alpha value is -2.59. The molecule has 0 saturated carbocycles. The van der Waals surface area contributed by atoms with Gasteiger partial charge in [0.05, 0.1) is 18.6 Å². The van der Waals surface area contributed by atoms with Crippen LogP contribution in [0.2, 0.25) is 0 Å². The van der Waals surface area contributed by atoms with E-state index in [1.54, 1.807) is 11.8 Å². The highest BCUT2D eigenvalue weighted by Crippen LogP contribution is 2.33. The monoisotopic (exact) mass is 396 g/mol. The first-order valence-corrected chi connectivity index (χ1v) is 9.42. The Bertz CT molecular complexity index is 751. The molecule has 2 rings (SSSR count). The fraction of sp³-hybridized carbons (Fsp3) is 0.412. The predicted molar refractivity (Wildman–Crippen MR) is 99.4 cm³/mol. The summed E-state index contributed by atoms with van der Waals surface area (Å²) >= 11 is 1.55. The zero-order valence-corrected chi connectivity index (χ0v) is 15.7. The molecule has 0 aromatic heterocycles. The third kappa shape index (κ3) is 5.69. The maximum atomic E-state index is 12.2. The van der Waals surface area contributed by atoms with Crippen molar-refractivity contribution in [2.75, 3.05) is 25.9 Å². The van der Waals surface area contributed by atoms with Crippen LogP contribution in [0.15, 0.2) is 18.2 Å². The molecule has 1 aromatic carbocycles. The molecule has 1 atom stereocenters. The lowest BCUT2D eigenvalue weighted by Gasteiger charge is -2.19. The molecule has 1 N–H and O–H groups in total. The highest BCUT2D eigenvalue weighted by Gasteiger charge is 2.21. The highest BCUT2D eigenvalue weighted by atomic mass is 32.2. The zero-order valence-electron chi connectivity index (χ0n) is 14.9. The van der Waals surface area contributed by atoms with E-state index in [9.17, 15) is 19.7 Å². The zero-order chi connectivity index (χ0) is 19.8. The van der Waals surface area contributed by atoms with Crippen molar-refractivity contribution in [2.24, 2.45) is 0 Å². The molecule has 1 heterocycles. The number of nitrogens with zero attached hydrogens (tertiary/aromatic N) is 1. The minimum absolute atomic E-state index is 0.0247. The number of ether oxygens (including phenoxy) is 3. The number of carbonyl (C=O) groups is 2. The standard InChI is InChI=1S/C17H20N2O7S/c1-24-17(21)14(5-6-27-2)18-15(20)4-3-11-7-13(19(22)23)8-12-9-25-10-26-16(11)12/h3-4,7-8,14H,5-6,9-10H2,1-2H3,(H,18,20)/b4-3+/t14-/m0/s1. The normalized spacial score (nSPS) is 14.1. The number of fused-ring (bicyclic) bond motifs is 1. The van der Waals surface area contributed by atoms with Crippen LogP contribution in [-0.2, 0) is 25.7 Å². The van der Waals surface area contributed by atoms with E-state index in [1.165, 1.54) is 31.4 Å². The summed E-state index contributed by atoms with van der Waals surface area (Å²) in [5.41, 5.74) is 0.787. The van der Waals surface area contributed by atoms with Crippen molar-refractivity contribution in [3.05, 3.63) is 39.4 Å². The molecule has 0 fully saturated rings. The number of nitro benzene ring substituents is 1. The van der Waals surface area contributed by atoms with Gasteiger partial charge in [-0.1, -0.05) is 0 Å². The van der Waals surface area contributed by atoms with Crippen molar-refractivity contribution in [1.29, 1.82) is 0 Å². The fourth-order valence-electron chi connectivity index (χ4n) is 2.47. The van der Waals surface area contributed by atoms with Gasteiger partial charge in [0, 0.05) is 29.3 Å². The van der Waals surface area contributed by atoms with Gasteiger partial charge in [-0.25, -0.2) is 4.79 Å². The number of nitro groups is 1. The molecule has 9 nitrogen and oxygen atoms in total. The highest BCUT2D eigenvalue weighted by molar-refractivity contribution is 7.98. The Kier molecular flexibility index (Phi) is 7.62. The van der Waals surface area contributed by atoms with Crippen LogP contribution in [0.25, 0.3) is 6.08 Å². The second kappa shape index (κ2) is 9.93. The van der Waals surface area contributed by atoms with Gasteiger partial charge in [-0.3, -0.25) is 14.9 Å². The second-order valence-electron chi connectivity index (χ2n) is 5.59. The van der Waals surface area contributed by atoms with Gasteiger partial charge in [0.15, 0.2) is 6.79 Å². The van der Waals surface area contributed by atoms with Crippen molar-refractivity contribution in [3.8, 4) is 5.75 Å². The quantitative estimate of drug-likeness (QED) is 0.306. The largest absolute Gasteiger partial charge is 0.467 e. The molecule has 1 aliphatic heterocycles. The number of nitrogens with one attached hydrogen (secondary N) is 1. The number of benzene rings is 1. The van der Waals surface area contributed by atoms with Gasteiger partial charge in [0.25, 0.3) is 5.69 Å². The third-order valence-electron chi connectivity index (χ3n) is 3.76. The lowest BCUT2D eigenvalue weighted by molar-refractivity contribution is -0.385. The van der Waals surface area contributed by atoms with E-state index >= 15 is 0 Å². The van der Waals surface area contributed by atoms with Crippen LogP contribution in [0.4, 0.5) is 5.69 Å². The van der Waals surface area contributed by atoms with Gasteiger partial charge < -0.3 is 19.5 Å². The molecule has 0 radical (unpaired) electrons. The molecule has 0 aliphatic carbocycles. The second-order valence-corrected chi connectivity index (χ2v) is 6.58. The number of thioether (sulfide) groups is 1. The Balaban J connectivity index is 2.18. The van der Waals surface area contributed by atoms with E-state index in [-0.39, 0.29) is 19.1 Å². The van der Waals surface area contributed by atoms with Crippen LogP contribution in [-0.4, -0.2) is 48.8 Å². The summed E-state index contributed by atoms with van der Waals surface area (Å²) in [6.45, 7) is 0.208. The summed E-state index contributed by atoms with van der Waals surface area (Å²) in [4.78, 5) is 34.5. The van der Waals surface area contributed by atoms with Crippen LogP contribution in [0.5, 0.6) is 5.75 Å². The summed E-state index contributed by atoms with van der Waals surface area (Å²) in [5.74, 6) is 0.0660. The number of hydrogen-bond donors (Lipinski definition) is 1. The number of methoxy groups -OCH3 is 1. The molecular formula is C17H20N2O7S. The molecule has 1 aliphatic rings. The van der Waals surface area contributed by atoms with Crippen molar-refractivity contribution in [2.45, 2.75) is 19.1 Å². The Morgan fingerprint density at radius 1 is 1.48 bits per heavy atom. The van der Waals surface area contributed by atoms with Crippen molar-refractivity contribution < 1.29 is 28.7 Å². The average molecular weight is 396 g/mol. The lowest BCUT2D eigenvalue weighted by Crippen LogP contribution is -2.41. The topological polar surface area (TPSA) is 117 Å². The van der Waals surface area contributed by atoms with Crippen LogP contribution < -0.4 is 10.1 Å². The van der Waals surface area contributed by atoms with Gasteiger partial charge >= 0.3 is 5.97 Å². The number of rotatable bonds is 8. The van der Waals surface area contributed by atoms with E-state index in [1.807, 2.05) is 6.26 Å². The summed E-state index contributed by atoms with van der Waals surface area (Å²) in [6.07, 6.45) is 4.94. The summed E-state index contributed by atoms with van der Waals surface area (Å²) < 4.78 is 15.2. The number of esters is 1. The van der Waals surface area contributed by atoms with Gasteiger partial charge in [0.2, 0.25) is 5.91 Å². The molecule has 146 valence electrons. The fourth-order valence-corrected chi connectivity index (χ4v) is 2.94. The van der Waals surface area contributed by atoms with Crippen LogP contribution >= 0.6 is 11.8 Å². The van der Waals surface area contributed by atoms with E-state index in [4.69, 9.17) is 14.2 Å². The molecule has 0 bridgehead atoms. The Morgan fingerprint density at radius 2 is 2.26 bits per heavy atom. The van der Waals surface area contributed by atoms with E-state index in [0.29, 0.717) is 29.1 Å². The van der Waals surface area contributed by atoms with E-state index in [0.717, 1.165) is 0 Å². The van der Waals surface area contributed by atoms with Crippen molar-refractivity contribution >= 4 is 35.4 Å². The first kappa shape index (κ1) is 20.7. The first-order chi connectivity index (χ1) is 13.0.